The lowest BCUT2D eigenvalue weighted by molar-refractivity contribution is -0.143. The Bertz CT molecular complexity index is 970. The fraction of sp³-hybridized carbons (Fsp3) is 0.932. The third-order valence-corrected chi connectivity index (χ3v) is 13.8. The lowest BCUT2D eigenvalue weighted by Crippen LogP contribution is -2.45. The summed E-state index contributed by atoms with van der Waals surface area (Å²) in [7, 11) is 0. The average molecular weight is 919 g/mol. The molecule has 0 aliphatic rings. The van der Waals surface area contributed by atoms with E-state index in [-0.39, 0.29) is 18.5 Å². The average Bonchev–Trinajstić information content (AvgIpc) is 3.31. The molecule has 0 radical (unpaired) electrons. The molecule has 1 amide bonds. The number of rotatable bonds is 55. The molecule has 6 nitrogen and oxygen atoms in total. The monoisotopic (exact) mass is 918 g/mol. The number of ether oxygens (including phenoxy) is 1. The summed E-state index contributed by atoms with van der Waals surface area (Å²) in [5, 5.41) is 23.3. The molecule has 0 aliphatic carbocycles. The minimum Gasteiger partial charge on any atom is -0.466 e. The van der Waals surface area contributed by atoms with Gasteiger partial charge in [0.15, 0.2) is 0 Å². The molecule has 0 spiro atoms. The molecule has 0 bridgehead atoms. The van der Waals surface area contributed by atoms with Crippen molar-refractivity contribution < 1.29 is 24.5 Å². The lowest BCUT2D eigenvalue weighted by atomic mass is 10.0. The van der Waals surface area contributed by atoms with Gasteiger partial charge in [-0.2, -0.15) is 0 Å². The minimum atomic E-state index is -0.672. The largest absolute Gasteiger partial charge is 0.466 e. The van der Waals surface area contributed by atoms with Crippen LogP contribution in [0.25, 0.3) is 0 Å². The van der Waals surface area contributed by atoms with Gasteiger partial charge in [0.05, 0.1) is 25.4 Å². The molecule has 2 atom stereocenters. The number of esters is 1. The molecule has 0 aromatic rings. The first-order valence-electron chi connectivity index (χ1n) is 29.4. The van der Waals surface area contributed by atoms with Gasteiger partial charge in [-0.15, -0.1) is 0 Å². The lowest BCUT2D eigenvalue weighted by Gasteiger charge is -2.22. The number of allylic oxidation sites excluding steroid dienone is 2. The Morgan fingerprint density at radius 3 is 1.09 bits per heavy atom. The van der Waals surface area contributed by atoms with Gasteiger partial charge in [0.2, 0.25) is 5.91 Å². The molecule has 2 unspecified atom stereocenters. The van der Waals surface area contributed by atoms with E-state index >= 15 is 0 Å². The molecule has 0 rings (SSSR count). The predicted octanol–water partition coefficient (Wildman–Crippen LogP) is 18.1. The highest BCUT2D eigenvalue weighted by Crippen LogP contribution is 2.17. The molecule has 0 saturated heterocycles. The molecule has 0 aromatic carbocycles. The van der Waals surface area contributed by atoms with Gasteiger partial charge >= 0.3 is 5.97 Å². The van der Waals surface area contributed by atoms with Gasteiger partial charge in [-0.1, -0.05) is 276 Å². The van der Waals surface area contributed by atoms with Crippen LogP contribution in [0.5, 0.6) is 0 Å². The summed E-state index contributed by atoms with van der Waals surface area (Å²) in [6.07, 6.45) is 64.9. The minimum absolute atomic E-state index is 0.00645. The number of unbranched alkanes of at least 4 members (excludes halogenated alkanes) is 42. The van der Waals surface area contributed by atoms with Crippen molar-refractivity contribution in [3.05, 3.63) is 12.2 Å². The topological polar surface area (TPSA) is 95.9 Å². The third-order valence-electron chi connectivity index (χ3n) is 13.8. The van der Waals surface area contributed by atoms with Gasteiger partial charge in [-0.3, -0.25) is 9.59 Å². The fourth-order valence-electron chi connectivity index (χ4n) is 9.28. The first-order valence-corrected chi connectivity index (χ1v) is 29.4. The van der Waals surface area contributed by atoms with Crippen LogP contribution in [0.15, 0.2) is 12.2 Å². The standard InChI is InChI=1S/C59H115NO5/c1-3-5-7-9-11-13-15-17-23-27-31-35-39-43-47-51-57(62)56(55-61)60-58(63)52-48-44-40-36-32-28-25-21-19-20-22-26-30-34-38-42-46-50-54-65-59(64)53-49-45-41-37-33-29-24-18-16-14-12-10-8-6-4-2/h21,25,56-57,61-62H,3-20,22-24,26-55H2,1-2H3,(H,60,63)/b25-21-. The number of hydrogen-bond acceptors (Lipinski definition) is 5. The molecule has 0 aliphatic heterocycles. The molecule has 0 fully saturated rings. The van der Waals surface area contributed by atoms with E-state index in [1.54, 1.807) is 0 Å². The third kappa shape index (κ3) is 51.8. The highest BCUT2D eigenvalue weighted by molar-refractivity contribution is 5.76. The molecule has 0 saturated carbocycles. The van der Waals surface area contributed by atoms with Crippen LogP contribution >= 0.6 is 0 Å². The Morgan fingerprint density at radius 2 is 0.723 bits per heavy atom. The van der Waals surface area contributed by atoms with Crippen LogP contribution in [0.1, 0.15) is 328 Å². The van der Waals surface area contributed by atoms with Crippen molar-refractivity contribution in [3.63, 3.8) is 0 Å². The van der Waals surface area contributed by atoms with E-state index in [1.165, 1.54) is 244 Å². The maximum Gasteiger partial charge on any atom is 0.305 e. The number of carbonyl (C=O) groups excluding carboxylic acids is 2. The Hall–Kier alpha value is -1.40. The number of aliphatic hydroxyl groups excluding tert-OH is 2. The van der Waals surface area contributed by atoms with Gasteiger partial charge in [0.25, 0.3) is 0 Å². The smallest absolute Gasteiger partial charge is 0.305 e. The van der Waals surface area contributed by atoms with E-state index in [0.29, 0.717) is 25.9 Å². The van der Waals surface area contributed by atoms with Crippen LogP contribution in [0.2, 0.25) is 0 Å². The van der Waals surface area contributed by atoms with E-state index < -0.39 is 12.1 Å². The Balaban J connectivity index is 3.43. The summed E-state index contributed by atoms with van der Waals surface area (Å²) in [4.78, 5) is 24.5. The SMILES string of the molecule is CCCCCCCCCCCCCCCCCC(=O)OCCCCCCCCCCC/C=C\CCCCCCCC(=O)NC(CO)C(O)CCCCCCCCCCCCCCCCC. The van der Waals surface area contributed by atoms with Gasteiger partial charge < -0.3 is 20.3 Å². The summed E-state index contributed by atoms with van der Waals surface area (Å²) >= 11 is 0. The fourth-order valence-corrected chi connectivity index (χ4v) is 9.28. The summed E-state index contributed by atoms with van der Waals surface area (Å²) in [5.74, 6) is -0.0407. The molecule has 6 heteroatoms. The second kappa shape index (κ2) is 55.2. The van der Waals surface area contributed by atoms with Gasteiger partial charge in [0.1, 0.15) is 0 Å². The number of carbonyl (C=O) groups is 2. The highest BCUT2D eigenvalue weighted by atomic mass is 16.5. The normalized spacial score (nSPS) is 12.6. The quantitative estimate of drug-likeness (QED) is 0.0321. The molecular weight excluding hydrogens is 803 g/mol. The maximum atomic E-state index is 12.5. The predicted molar refractivity (Wildman–Crippen MR) is 283 cm³/mol. The first-order chi connectivity index (χ1) is 32.0. The summed E-state index contributed by atoms with van der Waals surface area (Å²) in [6, 6.07) is -0.550. The Kier molecular flexibility index (Phi) is 54.0. The molecule has 386 valence electrons. The molecule has 3 N–H and O–H groups in total. The van der Waals surface area contributed by atoms with Gasteiger partial charge in [0, 0.05) is 12.8 Å². The second-order valence-electron chi connectivity index (χ2n) is 20.3. The number of amides is 1. The van der Waals surface area contributed by atoms with Crippen molar-refractivity contribution in [2.45, 2.75) is 341 Å². The molecule has 0 heterocycles. The van der Waals surface area contributed by atoms with E-state index in [9.17, 15) is 19.8 Å². The van der Waals surface area contributed by atoms with Crippen LogP contribution in [0, 0.1) is 0 Å². The number of aliphatic hydroxyl groups is 2. The zero-order chi connectivity index (χ0) is 47.2. The first kappa shape index (κ1) is 63.6. The van der Waals surface area contributed by atoms with Gasteiger partial charge in [-0.05, 0) is 51.4 Å². The number of hydrogen-bond donors (Lipinski definition) is 3. The van der Waals surface area contributed by atoms with Crippen molar-refractivity contribution in [1.82, 2.24) is 5.32 Å². The summed E-state index contributed by atoms with van der Waals surface area (Å²) in [5.41, 5.74) is 0. The Labute approximate surface area is 406 Å². The van der Waals surface area contributed by atoms with Crippen LogP contribution in [0.4, 0.5) is 0 Å². The molecule has 65 heavy (non-hydrogen) atoms. The van der Waals surface area contributed by atoms with Crippen molar-refractivity contribution in [2.75, 3.05) is 13.2 Å². The zero-order valence-electron chi connectivity index (χ0n) is 44.0. The summed E-state index contributed by atoms with van der Waals surface area (Å²) < 4.78 is 5.48. The van der Waals surface area contributed by atoms with Crippen molar-refractivity contribution in [3.8, 4) is 0 Å². The zero-order valence-corrected chi connectivity index (χ0v) is 44.0. The van der Waals surface area contributed by atoms with E-state index in [0.717, 1.165) is 51.4 Å². The summed E-state index contributed by atoms with van der Waals surface area (Å²) in [6.45, 7) is 4.96. The van der Waals surface area contributed by atoms with Crippen LogP contribution in [-0.4, -0.2) is 47.4 Å². The van der Waals surface area contributed by atoms with Crippen molar-refractivity contribution in [1.29, 1.82) is 0 Å². The van der Waals surface area contributed by atoms with E-state index in [1.807, 2.05) is 0 Å². The van der Waals surface area contributed by atoms with E-state index in [4.69, 9.17) is 4.74 Å². The van der Waals surface area contributed by atoms with Gasteiger partial charge in [-0.25, -0.2) is 0 Å². The van der Waals surface area contributed by atoms with Crippen molar-refractivity contribution >= 4 is 11.9 Å². The number of nitrogens with one attached hydrogen (secondary N) is 1. The maximum absolute atomic E-state index is 12.5. The van der Waals surface area contributed by atoms with Crippen LogP contribution < -0.4 is 5.32 Å². The second-order valence-corrected chi connectivity index (χ2v) is 20.3. The highest BCUT2D eigenvalue weighted by Gasteiger charge is 2.20. The van der Waals surface area contributed by atoms with Crippen LogP contribution in [-0.2, 0) is 14.3 Å². The van der Waals surface area contributed by atoms with Crippen molar-refractivity contribution in [2.24, 2.45) is 0 Å². The Morgan fingerprint density at radius 1 is 0.415 bits per heavy atom. The molecule has 0 aromatic heterocycles. The van der Waals surface area contributed by atoms with E-state index in [2.05, 4.69) is 31.3 Å². The van der Waals surface area contributed by atoms with Crippen LogP contribution in [0.3, 0.4) is 0 Å². The molecular formula is C59H115NO5.